The number of ether oxygens (including phenoxy) is 1. The van der Waals surface area contributed by atoms with E-state index in [0.29, 0.717) is 19.7 Å². The summed E-state index contributed by atoms with van der Waals surface area (Å²) in [4.78, 5) is 17.5. The maximum atomic E-state index is 11.3. The van der Waals surface area contributed by atoms with Crippen LogP contribution in [-0.4, -0.2) is 35.5 Å². The summed E-state index contributed by atoms with van der Waals surface area (Å²) in [5.41, 5.74) is 1.88. The molecule has 1 aliphatic rings. The van der Waals surface area contributed by atoms with Gasteiger partial charge in [-0.1, -0.05) is 6.07 Å². The van der Waals surface area contributed by atoms with Crippen LogP contribution in [-0.2, 0) is 9.53 Å². The van der Waals surface area contributed by atoms with E-state index in [0.717, 1.165) is 11.4 Å². The normalized spacial score (nSPS) is 20.9. The number of aromatic nitrogens is 1. The van der Waals surface area contributed by atoms with Gasteiger partial charge < -0.3 is 9.64 Å². The van der Waals surface area contributed by atoms with Crippen molar-refractivity contribution in [3.8, 4) is 0 Å². The molecule has 0 radical (unpaired) electrons. The van der Waals surface area contributed by atoms with Gasteiger partial charge in [0.05, 0.1) is 18.8 Å². The fraction of sp³-hybridized carbons (Fsp3) is 0.500. The van der Waals surface area contributed by atoms with Gasteiger partial charge in [-0.25, -0.2) is 0 Å². The summed E-state index contributed by atoms with van der Waals surface area (Å²) in [6.07, 6.45) is -0.0856. The molecule has 0 saturated carbocycles. The number of nitrogens with zero attached hydrogens (tertiary/aromatic N) is 2. The van der Waals surface area contributed by atoms with Crippen molar-refractivity contribution in [3.05, 3.63) is 29.6 Å². The molecule has 4 nitrogen and oxygen atoms in total. The first-order valence-electron chi connectivity index (χ1n) is 5.47. The van der Waals surface area contributed by atoms with E-state index in [1.54, 1.807) is 11.8 Å². The van der Waals surface area contributed by atoms with Crippen molar-refractivity contribution in [2.75, 3.05) is 19.7 Å². The molecule has 2 heterocycles. The Kier molecular flexibility index (Phi) is 3.19. The number of carbonyl (C=O) groups is 1. The summed E-state index contributed by atoms with van der Waals surface area (Å²) in [5, 5.41) is 0. The minimum absolute atomic E-state index is 0.0856. The smallest absolute Gasteiger partial charge is 0.219 e. The van der Waals surface area contributed by atoms with Crippen LogP contribution in [0.4, 0.5) is 0 Å². The summed E-state index contributed by atoms with van der Waals surface area (Å²) >= 11 is 0. The molecule has 86 valence electrons. The van der Waals surface area contributed by atoms with Crippen LogP contribution in [0.2, 0.25) is 0 Å². The van der Waals surface area contributed by atoms with E-state index in [1.165, 1.54) is 0 Å². The highest BCUT2D eigenvalue weighted by Gasteiger charge is 2.24. The molecule has 0 N–H and O–H groups in total. The van der Waals surface area contributed by atoms with Crippen LogP contribution in [0, 0.1) is 6.92 Å². The molecule has 0 unspecified atom stereocenters. The van der Waals surface area contributed by atoms with Gasteiger partial charge in [0.2, 0.25) is 5.91 Å². The van der Waals surface area contributed by atoms with Crippen molar-refractivity contribution in [2.45, 2.75) is 20.0 Å². The fourth-order valence-electron chi connectivity index (χ4n) is 1.86. The standard InChI is InChI=1S/C12H16N2O2/c1-9-4-3-5-11(13-9)12-8-14(10(2)15)6-7-16-12/h3-5,12H,6-8H2,1-2H3/t12-/m0/s1. The lowest BCUT2D eigenvalue weighted by atomic mass is 10.2. The third-order valence-corrected chi connectivity index (χ3v) is 2.75. The topological polar surface area (TPSA) is 42.4 Å². The highest BCUT2D eigenvalue weighted by atomic mass is 16.5. The predicted octanol–water partition coefficient (Wildman–Crippen LogP) is 1.31. The maximum absolute atomic E-state index is 11.3. The molecule has 1 aromatic heterocycles. The van der Waals surface area contributed by atoms with E-state index >= 15 is 0 Å². The number of rotatable bonds is 1. The Morgan fingerprint density at radius 3 is 3.06 bits per heavy atom. The van der Waals surface area contributed by atoms with E-state index in [4.69, 9.17) is 4.74 Å². The Bertz CT molecular complexity index is 392. The maximum Gasteiger partial charge on any atom is 0.219 e. The lowest BCUT2D eigenvalue weighted by Gasteiger charge is -2.32. The first kappa shape index (κ1) is 11.1. The molecule has 4 heteroatoms. The van der Waals surface area contributed by atoms with Gasteiger partial charge in [-0.2, -0.15) is 0 Å². The predicted molar refractivity (Wildman–Crippen MR) is 59.9 cm³/mol. The van der Waals surface area contributed by atoms with Gasteiger partial charge in [0, 0.05) is 19.2 Å². The molecule has 1 amide bonds. The van der Waals surface area contributed by atoms with E-state index in [1.807, 2.05) is 25.1 Å². The van der Waals surface area contributed by atoms with Gasteiger partial charge in [-0.3, -0.25) is 9.78 Å². The highest BCUT2D eigenvalue weighted by molar-refractivity contribution is 5.73. The molecule has 0 spiro atoms. The van der Waals surface area contributed by atoms with Gasteiger partial charge in [0.25, 0.3) is 0 Å². The van der Waals surface area contributed by atoms with Gasteiger partial charge in [0.1, 0.15) is 6.10 Å². The number of morpholine rings is 1. The summed E-state index contributed by atoms with van der Waals surface area (Å²) in [7, 11) is 0. The monoisotopic (exact) mass is 220 g/mol. The Morgan fingerprint density at radius 2 is 2.38 bits per heavy atom. The fourth-order valence-corrected chi connectivity index (χ4v) is 1.86. The van der Waals surface area contributed by atoms with Crippen molar-refractivity contribution in [1.82, 2.24) is 9.88 Å². The second-order valence-electron chi connectivity index (χ2n) is 4.03. The molecule has 1 atom stereocenters. The minimum atomic E-state index is -0.0856. The number of amides is 1. The highest BCUT2D eigenvalue weighted by Crippen LogP contribution is 2.20. The number of carbonyl (C=O) groups excluding carboxylic acids is 1. The van der Waals surface area contributed by atoms with Crippen LogP contribution in [0.15, 0.2) is 18.2 Å². The van der Waals surface area contributed by atoms with Crippen molar-refractivity contribution >= 4 is 5.91 Å². The molecule has 1 fully saturated rings. The average molecular weight is 220 g/mol. The first-order valence-corrected chi connectivity index (χ1v) is 5.47. The zero-order valence-corrected chi connectivity index (χ0v) is 9.64. The molecule has 1 aliphatic heterocycles. The minimum Gasteiger partial charge on any atom is -0.368 e. The van der Waals surface area contributed by atoms with Crippen LogP contribution < -0.4 is 0 Å². The second kappa shape index (κ2) is 4.61. The Morgan fingerprint density at radius 1 is 1.56 bits per heavy atom. The Balaban J connectivity index is 2.12. The SMILES string of the molecule is CC(=O)N1CCO[C@H](c2cccc(C)n2)C1. The van der Waals surface area contributed by atoms with E-state index in [-0.39, 0.29) is 12.0 Å². The van der Waals surface area contributed by atoms with Crippen LogP contribution >= 0.6 is 0 Å². The molecule has 1 saturated heterocycles. The van der Waals surface area contributed by atoms with E-state index < -0.39 is 0 Å². The average Bonchev–Trinajstić information content (AvgIpc) is 2.29. The third-order valence-electron chi connectivity index (χ3n) is 2.75. The molecule has 0 aromatic carbocycles. The Labute approximate surface area is 95.2 Å². The van der Waals surface area contributed by atoms with E-state index in [2.05, 4.69) is 4.98 Å². The number of hydrogen-bond donors (Lipinski definition) is 0. The number of pyridine rings is 1. The molecular formula is C12H16N2O2. The van der Waals surface area contributed by atoms with Crippen LogP contribution in [0.25, 0.3) is 0 Å². The zero-order chi connectivity index (χ0) is 11.5. The van der Waals surface area contributed by atoms with Crippen LogP contribution in [0.3, 0.4) is 0 Å². The quantitative estimate of drug-likeness (QED) is 0.716. The molecule has 0 aliphatic carbocycles. The lowest BCUT2D eigenvalue weighted by molar-refractivity contribution is -0.136. The molecular weight excluding hydrogens is 204 g/mol. The van der Waals surface area contributed by atoms with Gasteiger partial charge in [0.15, 0.2) is 0 Å². The lowest BCUT2D eigenvalue weighted by Crippen LogP contribution is -2.41. The van der Waals surface area contributed by atoms with Crippen molar-refractivity contribution in [2.24, 2.45) is 0 Å². The molecule has 2 rings (SSSR count). The van der Waals surface area contributed by atoms with Crippen LogP contribution in [0.1, 0.15) is 24.4 Å². The summed E-state index contributed by atoms with van der Waals surface area (Å²) in [5.74, 6) is 0.0981. The summed E-state index contributed by atoms with van der Waals surface area (Å²) in [6.45, 7) is 5.41. The Hall–Kier alpha value is -1.42. The summed E-state index contributed by atoms with van der Waals surface area (Å²) < 4.78 is 5.64. The second-order valence-corrected chi connectivity index (χ2v) is 4.03. The zero-order valence-electron chi connectivity index (χ0n) is 9.64. The number of aryl methyl sites for hydroxylation is 1. The largest absolute Gasteiger partial charge is 0.368 e. The molecule has 0 bridgehead atoms. The van der Waals surface area contributed by atoms with Gasteiger partial charge >= 0.3 is 0 Å². The van der Waals surface area contributed by atoms with Crippen molar-refractivity contribution in [1.29, 1.82) is 0 Å². The first-order chi connectivity index (χ1) is 7.66. The van der Waals surface area contributed by atoms with Gasteiger partial charge in [-0.05, 0) is 19.1 Å². The van der Waals surface area contributed by atoms with Crippen molar-refractivity contribution < 1.29 is 9.53 Å². The van der Waals surface area contributed by atoms with E-state index in [9.17, 15) is 4.79 Å². The third kappa shape index (κ3) is 2.39. The van der Waals surface area contributed by atoms with Crippen molar-refractivity contribution in [3.63, 3.8) is 0 Å². The summed E-state index contributed by atoms with van der Waals surface area (Å²) in [6, 6.07) is 5.87. The molecule has 16 heavy (non-hydrogen) atoms. The molecule has 1 aromatic rings. The van der Waals surface area contributed by atoms with Gasteiger partial charge in [-0.15, -0.1) is 0 Å². The van der Waals surface area contributed by atoms with Crippen LogP contribution in [0.5, 0.6) is 0 Å². The number of hydrogen-bond acceptors (Lipinski definition) is 3.